The normalized spacial score (nSPS) is 23.6. The van der Waals surface area contributed by atoms with Crippen LogP contribution < -0.4 is 20.1 Å². The first-order valence-corrected chi connectivity index (χ1v) is 12.0. The summed E-state index contributed by atoms with van der Waals surface area (Å²) in [4.78, 5) is 42.7. The molecule has 2 unspecified atom stereocenters. The van der Waals surface area contributed by atoms with E-state index in [0.29, 0.717) is 35.8 Å². The molecular weight excluding hydrogens is 444 g/mol. The van der Waals surface area contributed by atoms with E-state index < -0.39 is 6.04 Å². The van der Waals surface area contributed by atoms with E-state index in [4.69, 9.17) is 9.47 Å². The molecule has 4 aliphatic rings. The first-order chi connectivity index (χ1) is 16.1. The number of benzene rings is 2. The van der Waals surface area contributed by atoms with Crippen molar-refractivity contribution in [3.8, 4) is 22.6 Å². The van der Waals surface area contributed by atoms with Gasteiger partial charge in [-0.15, -0.1) is 11.8 Å². The van der Waals surface area contributed by atoms with Crippen molar-refractivity contribution in [1.82, 2.24) is 15.1 Å². The van der Waals surface area contributed by atoms with Gasteiger partial charge >= 0.3 is 0 Å². The SMILES string of the molecule is O=C1Nc2ccc(-c3ccc4c(c3)OCO4)cc2C(=O)N2CCN(C(=O)C3CSCN3)CC12. The molecule has 0 saturated carbocycles. The van der Waals surface area contributed by atoms with Crippen molar-refractivity contribution < 1.29 is 23.9 Å². The number of fused-ring (bicyclic) bond motifs is 3. The smallest absolute Gasteiger partial charge is 0.256 e. The van der Waals surface area contributed by atoms with E-state index in [1.54, 1.807) is 33.7 Å². The van der Waals surface area contributed by atoms with Gasteiger partial charge in [-0.1, -0.05) is 12.1 Å². The van der Waals surface area contributed by atoms with E-state index in [1.807, 2.05) is 24.3 Å². The number of thioether (sulfide) groups is 1. The van der Waals surface area contributed by atoms with Crippen LogP contribution in [0.1, 0.15) is 10.4 Å². The van der Waals surface area contributed by atoms with Crippen molar-refractivity contribution in [2.24, 2.45) is 0 Å². The lowest BCUT2D eigenvalue weighted by molar-refractivity contribution is -0.137. The second kappa shape index (κ2) is 7.96. The highest BCUT2D eigenvalue weighted by Gasteiger charge is 2.41. The summed E-state index contributed by atoms with van der Waals surface area (Å²) < 4.78 is 10.9. The van der Waals surface area contributed by atoms with Crippen molar-refractivity contribution in [2.75, 3.05) is 43.4 Å². The number of rotatable bonds is 2. The number of ether oxygens (including phenoxy) is 2. The molecule has 0 bridgehead atoms. The summed E-state index contributed by atoms with van der Waals surface area (Å²) in [5.41, 5.74) is 2.65. The third-order valence-electron chi connectivity index (χ3n) is 6.48. The van der Waals surface area contributed by atoms with Gasteiger partial charge in [-0.25, -0.2) is 0 Å². The van der Waals surface area contributed by atoms with Crippen molar-refractivity contribution in [3.05, 3.63) is 42.0 Å². The summed E-state index contributed by atoms with van der Waals surface area (Å²) in [6, 6.07) is 10.1. The number of amides is 3. The summed E-state index contributed by atoms with van der Waals surface area (Å²) in [5, 5.41) is 6.08. The van der Waals surface area contributed by atoms with Gasteiger partial charge in [-0.05, 0) is 35.4 Å². The highest BCUT2D eigenvalue weighted by atomic mass is 32.2. The highest BCUT2D eigenvalue weighted by molar-refractivity contribution is 7.99. The van der Waals surface area contributed by atoms with Crippen LogP contribution in [0.15, 0.2) is 36.4 Å². The number of anilines is 1. The molecule has 10 heteroatoms. The fraction of sp³-hybridized carbons (Fsp3) is 0.348. The second-order valence-corrected chi connectivity index (χ2v) is 9.42. The van der Waals surface area contributed by atoms with Crippen LogP contribution in [-0.2, 0) is 9.59 Å². The number of nitrogens with zero attached hydrogens (tertiary/aromatic N) is 2. The predicted molar refractivity (Wildman–Crippen MR) is 122 cm³/mol. The maximum atomic E-state index is 13.5. The fourth-order valence-corrected chi connectivity index (χ4v) is 5.61. The Balaban J connectivity index is 1.28. The lowest BCUT2D eigenvalue weighted by Gasteiger charge is -2.40. The van der Waals surface area contributed by atoms with Crippen LogP contribution in [0.3, 0.4) is 0 Å². The Morgan fingerprint density at radius 2 is 1.85 bits per heavy atom. The lowest BCUT2D eigenvalue weighted by atomic mass is 10.0. The number of nitrogens with one attached hydrogen (secondary N) is 2. The van der Waals surface area contributed by atoms with E-state index in [2.05, 4.69) is 10.6 Å². The van der Waals surface area contributed by atoms with Gasteiger partial charge in [0.2, 0.25) is 18.6 Å². The zero-order valence-electron chi connectivity index (χ0n) is 17.7. The number of hydrogen-bond donors (Lipinski definition) is 2. The summed E-state index contributed by atoms with van der Waals surface area (Å²) >= 11 is 1.68. The predicted octanol–water partition coefficient (Wildman–Crippen LogP) is 1.35. The average Bonchev–Trinajstić information content (AvgIpc) is 3.53. The van der Waals surface area contributed by atoms with Crippen LogP contribution in [-0.4, -0.2) is 77.7 Å². The summed E-state index contributed by atoms with van der Waals surface area (Å²) in [7, 11) is 0. The Bertz CT molecular complexity index is 1170. The Morgan fingerprint density at radius 1 is 1.03 bits per heavy atom. The molecule has 33 heavy (non-hydrogen) atoms. The summed E-state index contributed by atoms with van der Waals surface area (Å²) in [5.74, 6) is 2.34. The molecule has 2 N–H and O–H groups in total. The van der Waals surface area contributed by atoms with E-state index in [1.165, 1.54) is 0 Å². The Kier molecular flexibility index (Phi) is 4.92. The molecule has 9 nitrogen and oxygen atoms in total. The highest BCUT2D eigenvalue weighted by Crippen LogP contribution is 2.37. The molecule has 4 aliphatic heterocycles. The Hall–Kier alpha value is -3.24. The van der Waals surface area contributed by atoms with Crippen molar-refractivity contribution in [3.63, 3.8) is 0 Å². The fourth-order valence-electron chi connectivity index (χ4n) is 4.68. The molecule has 2 saturated heterocycles. The van der Waals surface area contributed by atoms with Gasteiger partial charge in [-0.3, -0.25) is 19.7 Å². The van der Waals surface area contributed by atoms with E-state index in [-0.39, 0.29) is 37.1 Å². The van der Waals surface area contributed by atoms with Gasteiger partial charge in [0.05, 0.1) is 23.8 Å². The summed E-state index contributed by atoms with van der Waals surface area (Å²) in [6.45, 7) is 1.12. The van der Waals surface area contributed by atoms with Gasteiger partial charge in [0.25, 0.3) is 5.91 Å². The first-order valence-electron chi connectivity index (χ1n) is 10.8. The first kappa shape index (κ1) is 20.4. The van der Waals surface area contributed by atoms with Crippen LogP contribution in [0, 0.1) is 0 Å². The molecule has 0 aliphatic carbocycles. The topological polar surface area (TPSA) is 100 Å². The van der Waals surface area contributed by atoms with Gasteiger partial charge in [-0.2, -0.15) is 0 Å². The third-order valence-corrected chi connectivity index (χ3v) is 7.42. The van der Waals surface area contributed by atoms with Crippen LogP contribution in [0.5, 0.6) is 11.5 Å². The number of carbonyl (C=O) groups is 3. The molecule has 3 amide bonds. The zero-order valence-corrected chi connectivity index (χ0v) is 18.5. The van der Waals surface area contributed by atoms with E-state index >= 15 is 0 Å². The second-order valence-electron chi connectivity index (χ2n) is 8.39. The molecule has 0 radical (unpaired) electrons. The standard InChI is InChI=1S/C23H22N4O5S/c28-21-18-9-26(23(30)17-10-33-11-24-17)5-6-27(18)22(29)15-7-13(1-3-16(15)25-21)14-2-4-19-20(8-14)32-12-31-19/h1-4,7-8,17-18,24H,5-6,9-12H2,(H,25,28). The van der Waals surface area contributed by atoms with Gasteiger partial charge in [0.1, 0.15) is 6.04 Å². The summed E-state index contributed by atoms with van der Waals surface area (Å²) in [6.07, 6.45) is 0. The molecule has 2 aromatic carbocycles. The molecule has 6 rings (SSSR count). The Labute approximate surface area is 194 Å². The average molecular weight is 467 g/mol. The van der Waals surface area contributed by atoms with Gasteiger partial charge in [0, 0.05) is 24.7 Å². The van der Waals surface area contributed by atoms with E-state index in [0.717, 1.165) is 22.8 Å². The number of carbonyl (C=O) groups excluding carboxylic acids is 3. The molecule has 2 fully saturated rings. The number of piperazine rings is 1. The Morgan fingerprint density at radius 3 is 2.70 bits per heavy atom. The van der Waals surface area contributed by atoms with Gasteiger partial charge < -0.3 is 24.6 Å². The molecule has 4 heterocycles. The van der Waals surface area contributed by atoms with Crippen molar-refractivity contribution in [2.45, 2.75) is 12.1 Å². The molecule has 2 aromatic rings. The molecule has 170 valence electrons. The van der Waals surface area contributed by atoms with Crippen molar-refractivity contribution >= 4 is 35.2 Å². The lowest BCUT2D eigenvalue weighted by Crippen LogP contribution is -2.61. The third kappa shape index (κ3) is 3.50. The quantitative estimate of drug-likeness (QED) is 0.689. The maximum Gasteiger partial charge on any atom is 0.256 e. The van der Waals surface area contributed by atoms with Gasteiger partial charge in [0.15, 0.2) is 11.5 Å². The molecular formula is C23H22N4O5S. The minimum atomic E-state index is -0.717. The minimum absolute atomic E-state index is 0.00763. The molecule has 0 spiro atoms. The largest absolute Gasteiger partial charge is 0.454 e. The van der Waals surface area contributed by atoms with Crippen LogP contribution in [0.4, 0.5) is 5.69 Å². The van der Waals surface area contributed by atoms with Crippen LogP contribution in [0.25, 0.3) is 11.1 Å². The van der Waals surface area contributed by atoms with E-state index in [9.17, 15) is 14.4 Å². The van der Waals surface area contributed by atoms with Crippen LogP contribution >= 0.6 is 11.8 Å². The molecule has 0 aromatic heterocycles. The monoisotopic (exact) mass is 466 g/mol. The van der Waals surface area contributed by atoms with Crippen LogP contribution in [0.2, 0.25) is 0 Å². The van der Waals surface area contributed by atoms with Crippen molar-refractivity contribution in [1.29, 1.82) is 0 Å². The number of hydrogen-bond acceptors (Lipinski definition) is 7. The maximum absolute atomic E-state index is 13.5. The molecule has 2 atom stereocenters. The minimum Gasteiger partial charge on any atom is -0.454 e. The zero-order chi connectivity index (χ0) is 22.5.